The van der Waals surface area contributed by atoms with Crippen LogP contribution in [0.25, 0.3) is 0 Å². The molecule has 15 heavy (non-hydrogen) atoms. The lowest BCUT2D eigenvalue weighted by atomic mass is 10.2. The van der Waals surface area contributed by atoms with Crippen LogP contribution in [0.4, 0.5) is 0 Å². The second kappa shape index (κ2) is 4.61. The molecule has 1 heterocycles. The van der Waals surface area contributed by atoms with Gasteiger partial charge in [-0.1, -0.05) is 0 Å². The normalized spacial score (nSPS) is 12.7. The molecule has 0 saturated heterocycles. The number of carboxylic acid groups (broad SMARTS) is 1. The van der Waals surface area contributed by atoms with Crippen LogP contribution in [0, 0.1) is 13.8 Å². The Kier molecular flexibility index (Phi) is 3.68. The number of hydrogen-bond donors (Lipinski definition) is 1. The molecule has 1 N–H and O–H groups in total. The Bertz CT molecular complexity index is 409. The van der Waals surface area contributed by atoms with Crippen LogP contribution in [-0.4, -0.2) is 31.9 Å². The van der Waals surface area contributed by atoms with Gasteiger partial charge in [-0.15, -0.1) is 0 Å². The van der Waals surface area contributed by atoms with Crippen molar-refractivity contribution in [2.24, 2.45) is 0 Å². The van der Waals surface area contributed by atoms with Gasteiger partial charge >= 0.3 is 5.97 Å². The van der Waals surface area contributed by atoms with Crippen LogP contribution in [0.15, 0.2) is 6.07 Å². The van der Waals surface area contributed by atoms with E-state index < -0.39 is 16.8 Å². The highest BCUT2D eigenvalue weighted by atomic mass is 32.2. The fourth-order valence-corrected chi connectivity index (χ4v) is 2.02. The van der Waals surface area contributed by atoms with Crippen LogP contribution in [0.1, 0.15) is 21.7 Å². The summed E-state index contributed by atoms with van der Waals surface area (Å²) in [5.74, 6) is -0.359. The molecule has 0 bridgehead atoms. The second-order valence-corrected chi connectivity index (χ2v) is 5.07. The molecule has 0 amide bonds. The third-order valence-corrected chi connectivity index (χ3v) is 3.16. The van der Waals surface area contributed by atoms with Gasteiger partial charge in [0.15, 0.2) is 0 Å². The van der Waals surface area contributed by atoms with E-state index in [0.29, 0.717) is 17.9 Å². The van der Waals surface area contributed by atoms with Gasteiger partial charge in [-0.25, -0.2) is 4.79 Å². The van der Waals surface area contributed by atoms with Crippen molar-refractivity contribution in [2.75, 3.05) is 12.0 Å². The molecule has 0 aromatic carbocycles. The summed E-state index contributed by atoms with van der Waals surface area (Å²) in [6.45, 7) is 4.24. The molecule has 84 valence electrons. The topological polar surface area (TPSA) is 59.3 Å². The van der Waals surface area contributed by atoms with Gasteiger partial charge in [0, 0.05) is 40.7 Å². The van der Waals surface area contributed by atoms with Crippen LogP contribution in [0.3, 0.4) is 0 Å². The summed E-state index contributed by atoms with van der Waals surface area (Å²) in [6.07, 6.45) is 1.65. The molecular weight excluding hydrogens is 214 g/mol. The van der Waals surface area contributed by atoms with Gasteiger partial charge in [-0.3, -0.25) is 4.21 Å². The van der Waals surface area contributed by atoms with Gasteiger partial charge < -0.3 is 9.67 Å². The summed E-state index contributed by atoms with van der Waals surface area (Å²) in [5.41, 5.74) is 1.95. The summed E-state index contributed by atoms with van der Waals surface area (Å²) in [5, 5.41) is 8.91. The fourth-order valence-electron chi connectivity index (χ4n) is 1.58. The van der Waals surface area contributed by atoms with Crippen LogP contribution < -0.4 is 0 Å². The number of rotatable bonds is 4. The highest BCUT2D eigenvalue weighted by Crippen LogP contribution is 2.14. The van der Waals surface area contributed by atoms with Crippen LogP contribution in [0.2, 0.25) is 0 Å². The first-order valence-electron chi connectivity index (χ1n) is 4.63. The summed E-state index contributed by atoms with van der Waals surface area (Å²) in [7, 11) is -0.852. The summed E-state index contributed by atoms with van der Waals surface area (Å²) < 4.78 is 12.9. The molecule has 1 aromatic rings. The molecule has 0 spiro atoms. The maximum absolute atomic E-state index is 11.0. The first-order chi connectivity index (χ1) is 6.93. The zero-order valence-corrected chi connectivity index (χ0v) is 9.93. The van der Waals surface area contributed by atoms with E-state index >= 15 is 0 Å². The Labute approximate surface area is 91.4 Å². The largest absolute Gasteiger partial charge is 0.478 e. The number of carbonyl (C=O) groups is 1. The van der Waals surface area contributed by atoms with Crippen molar-refractivity contribution >= 4 is 16.8 Å². The molecule has 0 saturated carbocycles. The average Bonchev–Trinajstić information content (AvgIpc) is 2.39. The molecule has 0 aliphatic carbocycles. The van der Waals surface area contributed by atoms with Crippen LogP contribution >= 0.6 is 0 Å². The molecular formula is C10H15NO3S. The lowest BCUT2D eigenvalue weighted by Crippen LogP contribution is -2.10. The highest BCUT2D eigenvalue weighted by Gasteiger charge is 2.14. The number of nitrogens with zero attached hydrogens (tertiary/aromatic N) is 1. The first-order valence-corrected chi connectivity index (χ1v) is 6.36. The van der Waals surface area contributed by atoms with Gasteiger partial charge in [0.05, 0.1) is 5.56 Å². The molecule has 1 unspecified atom stereocenters. The quantitative estimate of drug-likeness (QED) is 0.843. The van der Waals surface area contributed by atoms with Crippen LogP contribution in [-0.2, 0) is 17.3 Å². The van der Waals surface area contributed by atoms with E-state index in [1.165, 1.54) is 0 Å². The molecule has 0 radical (unpaired) electrons. The standard InChI is InChI=1S/C10H15NO3S/c1-7-6-9(10(12)13)8(2)11(7)4-5-15(3)14/h6H,4-5H2,1-3H3,(H,12,13). The van der Waals surface area contributed by atoms with Gasteiger partial charge in [-0.05, 0) is 19.9 Å². The van der Waals surface area contributed by atoms with Crippen LogP contribution in [0.5, 0.6) is 0 Å². The molecule has 1 atom stereocenters. The molecule has 4 nitrogen and oxygen atoms in total. The van der Waals surface area contributed by atoms with Crippen molar-refractivity contribution in [3.63, 3.8) is 0 Å². The van der Waals surface area contributed by atoms with Crippen molar-refractivity contribution in [3.8, 4) is 0 Å². The molecule has 1 aromatic heterocycles. The predicted molar refractivity (Wildman–Crippen MR) is 59.8 cm³/mol. The van der Waals surface area contributed by atoms with E-state index in [1.54, 1.807) is 19.2 Å². The third kappa shape index (κ3) is 2.68. The van der Waals surface area contributed by atoms with E-state index in [4.69, 9.17) is 5.11 Å². The molecule has 5 heteroatoms. The van der Waals surface area contributed by atoms with E-state index in [2.05, 4.69) is 0 Å². The van der Waals surface area contributed by atoms with Crippen molar-refractivity contribution in [1.29, 1.82) is 0 Å². The van der Waals surface area contributed by atoms with E-state index in [9.17, 15) is 9.00 Å². The van der Waals surface area contributed by atoms with Crippen molar-refractivity contribution in [1.82, 2.24) is 4.57 Å². The lowest BCUT2D eigenvalue weighted by molar-refractivity contribution is 0.0696. The lowest BCUT2D eigenvalue weighted by Gasteiger charge is -2.07. The second-order valence-electron chi connectivity index (χ2n) is 3.52. The Balaban J connectivity index is 2.97. The smallest absolute Gasteiger partial charge is 0.337 e. The summed E-state index contributed by atoms with van der Waals surface area (Å²) in [4.78, 5) is 10.9. The zero-order valence-electron chi connectivity index (χ0n) is 9.11. The van der Waals surface area contributed by atoms with Gasteiger partial charge in [0.25, 0.3) is 0 Å². The zero-order chi connectivity index (χ0) is 11.6. The minimum atomic E-state index is -0.910. The molecule has 0 aliphatic rings. The van der Waals surface area contributed by atoms with Crippen molar-refractivity contribution in [2.45, 2.75) is 20.4 Å². The fraction of sp³-hybridized carbons (Fsp3) is 0.500. The Morgan fingerprint density at radius 3 is 2.53 bits per heavy atom. The summed E-state index contributed by atoms with van der Waals surface area (Å²) >= 11 is 0. The number of aromatic carboxylic acids is 1. The number of hydrogen-bond acceptors (Lipinski definition) is 2. The average molecular weight is 229 g/mol. The Morgan fingerprint density at radius 2 is 2.13 bits per heavy atom. The van der Waals surface area contributed by atoms with E-state index in [1.807, 2.05) is 11.5 Å². The van der Waals surface area contributed by atoms with E-state index in [-0.39, 0.29) is 0 Å². The highest BCUT2D eigenvalue weighted by molar-refractivity contribution is 7.84. The Hall–Kier alpha value is -1.10. The van der Waals surface area contributed by atoms with Gasteiger partial charge in [0.2, 0.25) is 0 Å². The molecule has 0 aliphatic heterocycles. The minimum Gasteiger partial charge on any atom is -0.478 e. The number of aromatic nitrogens is 1. The Morgan fingerprint density at radius 1 is 1.53 bits per heavy atom. The SMILES string of the molecule is Cc1cc(C(=O)O)c(C)n1CCS(C)=O. The third-order valence-electron chi connectivity index (χ3n) is 2.41. The number of carboxylic acids is 1. The molecule has 1 rings (SSSR count). The maximum atomic E-state index is 11.0. The first kappa shape index (κ1) is 12.0. The van der Waals surface area contributed by atoms with Crippen molar-refractivity contribution in [3.05, 3.63) is 23.0 Å². The van der Waals surface area contributed by atoms with Crippen molar-refractivity contribution < 1.29 is 14.1 Å². The van der Waals surface area contributed by atoms with Gasteiger partial charge in [-0.2, -0.15) is 0 Å². The predicted octanol–water partition coefficient (Wildman–Crippen LogP) is 1.18. The minimum absolute atomic E-state index is 0.328. The van der Waals surface area contributed by atoms with Gasteiger partial charge in [0.1, 0.15) is 0 Å². The van der Waals surface area contributed by atoms with E-state index in [0.717, 1.165) is 11.4 Å². The molecule has 0 fully saturated rings. The number of aryl methyl sites for hydroxylation is 1. The maximum Gasteiger partial charge on any atom is 0.337 e. The summed E-state index contributed by atoms with van der Waals surface area (Å²) in [6, 6.07) is 1.65. The monoisotopic (exact) mass is 229 g/mol.